The van der Waals surface area contributed by atoms with Crippen LogP contribution in [0.5, 0.6) is 0 Å². The van der Waals surface area contributed by atoms with E-state index >= 15 is 0 Å². The first-order chi connectivity index (χ1) is 18.0. The lowest BCUT2D eigenvalue weighted by Gasteiger charge is -2.30. The number of ether oxygens (including phenoxy) is 1. The van der Waals surface area contributed by atoms with Crippen LogP contribution in [-0.4, -0.2) is 24.5 Å². The minimum Gasteiger partial charge on any atom is -0.464 e. The molecular formula is C34H65NO3. The van der Waals surface area contributed by atoms with Crippen molar-refractivity contribution in [3.05, 3.63) is 12.2 Å². The normalized spacial score (nSPS) is 13.1. The van der Waals surface area contributed by atoms with E-state index in [9.17, 15) is 9.59 Å². The summed E-state index contributed by atoms with van der Waals surface area (Å²) in [6, 6.07) is -0.169. The molecule has 0 spiro atoms. The first-order valence-corrected chi connectivity index (χ1v) is 16.1. The summed E-state index contributed by atoms with van der Waals surface area (Å²) < 4.78 is 5.23. The number of hydrogen-bond acceptors (Lipinski definition) is 3. The van der Waals surface area contributed by atoms with Gasteiger partial charge in [0, 0.05) is 13.3 Å². The number of amides is 1. The van der Waals surface area contributed by atoms with Crippen LogP contribution in [-0.2, 0) is 14.3 Å². The van der Waals surface area contributed by atoms with Crippen molar-refractivity contribution in [3.8, 4) is 0 Å². The third-order valence-corrected chi connectivity index (χ3v) is 7.99. The molecular weight excluding hydrogens is 470 g/mol. The number of rotatable bonds is 25. The Labute approximate surface area is 237 Å². The highest BCUT2D eigenvalue weighted by atomic mass is 16.5. The van der Waals surface area contributed by atoms with Crippen molar-refractivity contribution >= 4 is 11.9 Å². The molecule has 0 saturated heterocycles. The largest absolute Gasteiger partial charge is 0.464 e. The molecule has 1 N–H and O–H groups in total. The van der Waals surface area contributed by atoms with Crippen molar-refractivity contribution in [2.24, 2.45) is 10.8 Å². The Kier molecular flexibility index (Phi) is 21.7. The fraction of sp³-hybridized carbons (Fsp3) is 0.882. The minimum atomic E-state index is -0.303. The second-order valence-corrected chi connectivity index (χ2v) is 13.2. The maximum Gasteiger partial charge on any atom is 0.302 e. The van der Waals surface area contributed by atoms with Crippen LogP contribution in [0, 0.1) is 10.8 Å². The predicted molar refractivity (Wildman–Crippen MR) is 164 cm³/mol. The summed E-state index contributed by atoms with van der Waals surface area (Å²) in [6.45, 7) is 15.1. The van der Waals surface area contributed by atoms with Crippen molar-refractivity contribution in [2.75, 3.05) is 6.61 Å². The first kappa shape index (κ1) is 36.7. The lowest BCUT2D eigenvalue weighted by Crippen LogP contribution is -2.40. The van der Waals surface area contributed by atoms with Crippen LogP contribution in [0.3, 0.4) is 0 Å². The van der Waals surface area contributed by atoms with Gasteiger partial charge in [-0.25, -0.2) is 0 Å². The Balaban J connectivity index is 4.14. The zero-order valence-corrected chi connectivity index (χ0v) is 26.6. The third kappa shape index (κ3) is 23.8. The van der Waals surface area contributed by atoms with Gasteiger partial charge in [0.25, 0.3) is 0 Å². The Morgan fingerprint density at radius 1 is 0.737 bits per heavy atom. The quantitative estimate of drug-likeness (QED) is 0.0718. The van der Waals surface area contributed by atoms with Gasteiger partial charge in [0.1, 0.15) is 6.61 Å². The van der Waals surface area contributed by atoms with Crippen molar-refractivity contribution in [3.63, 3.8) is 0 Å². The van der Waals surface area contributed by atoms with Crippen LogP contribution in [0.25, 0.3) is 0 Å². The standard InChI is InChI=1S/C34H65NO3/c1-8-10-11-12-13-14-15-16-17-18-19-20-21-22-23-24-25-31(29-38-30(3)36)35-32(37)28-34(6,7)27-26-33(4,5)9-2/h23-24,31H,8-22,25-29H2,1-7H3,(H,35,37)/b24-23+. The number of allylic oxidation sites excluding steroid dienone is 1. The van der Waals surface area contributed by atoms with Gasteiger partial charge >= 0.3 is 5.97 Å². The lowest BCUT2D eigenvalue weighted by atomic mass is 9.76. The van der Waals surface area contributed by atoms with E-state index in [0.29, 0.717) is 18.3 Å². The molecule has 38 heavy (non-hydrogen) atoms. The van der Waals surface area contributed by atoms with Crippen molar-refractivity contribution in [1.82, 2.24) is 5.32 Å². The Bertz CT molecular complexity index is 623. The van der Waals surface area contributed by atoms with Gasteiger partial charge in [-0.3, -0.25) is 9.59 Å². The molecule has 0 aromatic heterocycles. The van der Waals surface area contributed by atoms with E-state index in [1.165, 1.54) is 90.4 Å². The molecule has 0 saturated carbocycles. The molecule has 1 unspecified atom stereocenters. The molecule has 0 rings (SSSR count). The highest BCUT2D eigenvalue weighted by molar-refractivity contribution is 5.77. The summed E-state index contributed by atoms with van der Waals surface area (Å²) in [7, 11) is 0. The van der Waals surface area contributed by atoms with E-state index in [4.69, 9.17) is 4.74 Å². The van der Waals surface area contributed by atoms with Crippen LogP contribution >= 0.6 is 0 Å². The van der Waals surface area contributed by atoms with Crippen molar-refractivity contribution in [2.45, 2.75) is 177 Å². The molecule has 1 amide bonds. The van der Waals surface area contributed by atoms with E-state index in [-0.39, 0.29) is 29.9 Å². The van der Waals surface area contributed by atoms with Crippen LogP contribution in [0.15, 0.2) is 12.2 Å². The molecule has 0 aliphatic rings. The number of esters is 1. The number of carbonyl (C=O) groups is 2. The summed E-state index contributed by atoms with van der Waals surface area (Å²) in [5.41, 5.74) is 0.260. The molecule has 0 radical (unpaired) electrons. The predicted octanol–water partition coefficient (Wildman–Crippen LogP) is 10.1. The third-order valence-electron chi connectivity index (χ3n) is 7.99. The van der Waals surface area contributed by atoms with E-state index in [0.717, 1.165) is 25.7 Å². The lowest BCUT2D eigenvalue weighted by molar-refractivity contribution is -0.142. The summed E-state index contributed by atoms with van der Waals surface area (Å²) in [4.78, 5) is 24.1. The molecule has 224 valence electrons. The number of nitrogens with one attached hydrogen (secondary N) is 1. The second kappa shape index (κ2) is 22.5. The van der Waals surface area contributed by atoms with Crippen LogP contribution in [0.1, 0.15) is 170 Å². The van der Waals surface area contributed by atoms with Gasteiger partial charge in [-0.15, -0.1) is 0 Å². The topological polar surface area (TPSA) is 55.4 Å². The van der Waals surface area contributed by atoms with Gasteiger partial charge in [0.15, 0.2) is 0 Å². The molecule has 4 nitrogen and oxygen atoms in total. The van der Waals surface area contributed by atoms with Crippen LogP contribution in [0.2, 0.25) is 0 Å². The van der Waals surface area contributed by atoms with Crippen molar-refractivity contribution < 1.29 is 14.3 Å². The fourth-order valence-corrected chi connectivity index (χ4v) is 4.70. The number of unbranched alkanes of at least 4 members (excludes halogenated alkanes) is 13. The molecule has 0 bridgehead atoms. The molecule has 0 aliphatic carbocycles. The van der Waals surface area contributed by atoms with Crippen LogP contribution < -0.4 is 5.32 Å². The smallest absolute Gasteiger partial charge is 0.302 e. The molecule has 4 heteroatoms. The van der Waals surface area contributed by atoms with Gasteiger partial charge < -0.3 is 10.1 Å². The monoisotopic (exact) mass is 535 g/mol. The summed E-state index contributed by atoms with van der Waals surface area (Å²) in [6.07, 6.45) is 27.7. The molecule has 0 heterocycles. The maximum absolute atomic E-state index is 12.8. The molecule has 0 aliphatic heterocycles. The van der Waals surface area contributed by atoms with E-state index in [1.807, 2.05) is 0 Å². The van der Waals surface area contributed by atoms with Crippen molar-refractivity contribution in [1.29, 1.82) is 0 Å². The number of carbonyl (C=O) groups excluding carboxylic acids is 2. The number of hydrogen-bond donors (Lipinski definition) is 1. The highest BCUT2D eigenvalue weighted by Crippen LogP contribution is 2.35. The van der Waals surface area contributed by atoms with E-state index in [1.54, 1.807) is 0 Å². The Morgan fingerprint density at radius 3 is 1.74 bits per heavy atom. The second-order valence-electron chi connectivity index (χ2n) is 13.2. The fourth-order valence-electron chi connectivity index (χ4n) is 4.70. The van der Waals surface area contributed by atoms with Gasteiger partial charge in [-0.05, 0) is 42.9 Å². The Hall–Kier alpha value is -1.32. The summed E-state index contributed by atoms with van der Waals surface area (Å²) in [5, 5.41) is 3.12. The van der Waals surface area contributed by atoms with E-state index < -0.39 is 0 Å². The molecule has 0 aromatic carbocycles. The summed E-state index contributed by atoms with van der Waals surface area (Å²) >= 11 is 0. The average Bonchev–Trinajstić information content (AvgIpc) is 2.85. The van der Waals surface area contributed by atoms with Gasteiger partial charge in [0.05, 0.1) is 6.04 Å². The van der Waals surface area contributed by atoms with Gasteiger partial charge in [0.2, 0.25) is 5.91 Å². The highest BCUT2D eigenvalue weighted by Gasteiger charge is 2.26. The van der Waals surface area contributed by atoms with E-state index in [2.05, 4.69) is 59.0 Å². The van der Waals surface area contributed by atoms with Gasteiger partial charge in [-0.2, -0.15) is 0 Å². The molecule has 1 atom stereocenters. The molecule has 0 aromatic rings. The maximum atomic E-state index is 12.8. The Morgan fingerprint density at radius 2 is 1.24 bits per heavy atom. The van der Waals surface area contributed by atoms with Gasteiger partial charge in [-0.1, -0.05) is 137 Å². The first-order valence-electron chi connectivity index (χ1n) is 16.1. The zero-order valence-electron chi connectivity index (χ0n) is 26.6. The molecule has 0 fully saturated rings. The van der Waals surface area contributed by atoms with Crippen LogP contribution in [0.4, 0.5) is 0 Å². The average molecular weight is 536 g/mol. The zero-order chi connectivity index (χ0) is 28.7. The summed E-state index contributed by atoms with van der Waals surface area (Å²) in [5.74, 6) is -0.256. The minimum absolute atomic E-state index is 0.0475. The SMILES string of the molecule is CCCCCCCCCCCCCCC/C=C/CC(COC(C)=O)NC(=O)CC(C)(C)CCC(C)(C)CC.